The zero-order chi connectivity index (χ0) is 19.8. The zero-order valence-electron chi connectivity index (χ0n) is 15.8. The zero-order valence-corrected chi connectivity index (χ0v) is 15.8. The third-order valence-electron chi connectivity index (χ3n) is 4.09. The molecular formula is C21H22N4O3. The lowest BCUT2D eigenvalue weighted by molar-refractivity contribution is 0.252. The second kappa shape index (κ2) is 9.36. The summed E-state index contributed by atoms with van der Waals surface area (Å²) in [6.07, 6.45) is 4.18. The fourth-order valence-corrected chi connectivity index (χ4v) is 2.69. The summed E-state index contributed by atoms with van der Waals surface area (Å²) in [5.74, 6) is 1.71. The molecule has 3 rings (SSSR count). The van der Waals surface area contributed by atoms with Gasteiger partial charge in [0.1, 0.15) is 0 Å². The molecule has 2 amide bonds. The first-order valence-corrected chi connectivity index (χ1v) is 8.83. The highest BCUT2D eigenvalue weighted by atomic mass is 16.5. The van der Waals surface area contributed by atoms with Gasteiger partial charge in [0, 0.05) is 24.5 Å². The number of benzene rings is 2. The number of hydrogen-bond acceptors (Lipinski definition) is 5. The van der Waals surface area contributed by atoms with Crippen LogP contribution in [0.3, 0.4) is 0 Å². The number of carbonyl (C=O) groups is 1. The van der Waals surface area contributed by atoms with Gasteiger partial charge in [0.05, 0.1) is 19.9 Å². The number of anilines is 1. The maximum atomic E-state index is 12.2. The van der Waals surface area contributed by atoms with Gasteiger partial charge in [-0.2, -0.15) is 0 Å². The Balaban J connectivity index is 1.52. The molecule has 2 N–H and O–H groups in total. The van der Waals surface area contributed by atoms with Crippen LogP contribution in [0, 0.1) is 0 Å². The maximum absolute atomic E-state index is 12.2. The van der Waals surface area contributed by atoms with Gasteiger partial charge in [0.25, 0.3) is 0 Å². The van der Waals surface area contributed by atoms with Crippen molar-refractivity contribution in [1.82, 2.24) is 15.3 Å². The number of hydrogen-bond donors (Lipinski definition) is 2. The normalized spacial score (nSPS) is 10.2. The minimum absolute atomic E-state index is 0.326. The van der Waals surface area contributed by atoms with Crippen LogP contribution in [0.15, 0.2) is 60.9 Å². The van der Waals surface area contributed by atoms with E-state index in [0.717, 1.165) is 11.1 Å². The molecule has 7 nitrogen and oxygen atoms in total. The number of carbonyl (C=O) groups excluding carboxylic acids is 1. The smallest absolute Gasteiger partial charge is 0.319 e. The maximum Gasteiger partial charge on any atom is 0.319 e. The Morgan fingerprint density at radius 3 is 2.39 bits per heavy atom. The molecule has 0 unspecified atom stereocenters. The van der Waals surface area contributed by atoms with Gasteiger partial charge in [-0.25, -0.2) is 14.8 Å². The van der Waals surface area contributed by atoms with Crippen molar-refractivity contribution >= 4 is 11.7 Å². The van der Waals surface area contributed by atoms with Crippen LogP contribution >= 0.6 is 0 Å². The molecule has 3 aromatic rings. The SMILES string of the molecule is COc1cccc(NC(=O)NCCc2cnc(-c3ccccc3)nc2)c1OC. The van der Waals surface area contributed by atoms with Crippen molar-refractivity contribution in [2.45, 2.75) is 6.42 Å². The van der Waals surface area contributed by atoms with E-state index in [0.29, 0.717) is 36.0 Å². The lowest BCUT2D eigenvalue weighted by Gasteiger charge is -2.13. The van der Waals surface area contributed by atoms with E-state index < -0.39 is 0 Å². The van der Waals surface area contributed by atoms with Crippen molar-refractivity contribution in [3.63, 3.8) is 0 Å². The highest BCUT2D eigenvalue weighted by Gasteiger charge is 2.11. The molecule has 0 fully saturated rings. The van der Waals surface area contributed by atoms with Gasteiger partial charge >= 0.3 is 6.03 Å². The molecule has 1 heterocycles. The molecule has 7 heteroatoms. The molecule has 0 bridgehead atoms. The standard InChI is InChI=1S/C21H22N4O3/c1-27-18-10-6-9-17(19(18)28-2)25-21(26)22-12-11-15-13-23-20(24-14-15)16-7-4-3-5-8-16/h3-10,13-14H,11-12H2,1-2H3,(H2,22,25,26). The number of amides is 2. The molecule has 0 aliphatic heterocycles. The molecule has 28 heavy (non-hydrogen) atoms. The number of ether oxygens (including phenoxy) is 2. The summed E-state index contributed by atoms with van der Waals surface area (Å²) in [5.41, 5.74) is 2.45. The Morgan fingerprint density at radius 2 is 1.71 bits per heavy atom. The van der Waals surface area contributed by atoms with Gasteiger partial charge in [0.2, 0.25) is 0 Å². The lowest BCUT2D eigenvalue weighted by Crippen LogP contribution is -2.30. The molecule has 0 saturated carbocycles. The summed E-state index contributed by atoms with van der Waals surface area (Å²) >= 11 is 0. The molecule has 0 spiro atoms. The van der Waals surface area contributed by atoms with Gasteiger partial charge in [-0.1, -0.05) is 36.4 Å². The van der Waals surface area contributed by atoms with E-state index in [9.17, 15) is 4.79 Å². The second-order valence-corrected chi connectivity index (χ2v) is 5.95. The van der Waals surface area contributed by atoms with Crippen LogP contribution in [0.4, 0.5) is 10.5 Å². The van der Waals surface area contributed by atoms with Crippen LogP contribution in [-0.4, -0.2) is 36.8 Å². The summed E-state index contributed by atoms with van der Waals surface area (Å²) in [5, 5.41) is 5.58. The third kappa shape index (κ3) is 4.76. The number of rotatable bonds is 7. The molecule has 2 aromatic carbocycles. The molecule has 0 saturated heterocycles. The minimum Gasteiger partial charge on any atom is -0.493 e. The van der Waals surface area contributed by atoms with E-state index in [4.69, 9.17) is 9.47 Å². The summed E-state index contributed by atoms with van der Waals surface area (Å²) in [6.45, 7) is 0.451. The fraction of sp³-hybridized carbons (Fsp3) is 0.190. The Bertz CT molecular complexity index is 915. The van der Waals surface area contributed by atoms with Gasteiger partial charge < -0.3 is 20.1 Å². The Hall–Kier alpha value is -3.61. The van der Waals surface area contributed by atoms with Gasteiger partial charge in [-0.3, -0.25) is 0 Å². The quantitative estimate of drug-likeness (QED) is 0.657. The first-order valence-electron chi connectivity index (χ1n) is 8.83. The van der Waals surface area contributed by atoms with Crippen molar-refractivity contribution < 1.29 is 14.3 Å². The summed E-state index contributed by atoms with van der Waals surface area (Å²) < 4.78 is 10.5. The topological polar surface area (TPSA) is 85.4 Å². The predicted molar refractivity (Wildman–Crippen MR) is 108 cm³/mol. The molecule has 0 aliphatic carbocycles. The first kappa shape index (κ1) is 19.2. The van der Waals surface area contributed by atoms with E-state index in [1.54, 1.807) is 37.7 Å². The molecular weight excluding hydrogens is 356 g/mol. The van der Waals surface area contributed by atoms with Crippen molar-refractivity contribution in [3.8, 4) is 22.9 Å². The number of nitrogens with zero attached hydrogens (tertiary/aromatic N) is 2. The molecule has 0 radical (unpaired) electrons. The van der Waals surface area contributed by atoms with Gasteiger partial charge in [0.15, 0.2) is 17.3 Å². The van der Waals surface area contributed by atoms with E-state index in [1.165, 1.54) is 7.11 Å². The summed E-state index contributed by atoms with van der Waals surface area (Å²) in [6, 6.07) is 14.8. The van der Waals surface area contributed by atoms with Gasteiger partial charge in [-0.15, -0.1) is 0 Å². The summed E-state index contributed by atoms with van der Waals surface area (Å²) in [4.78, 5) is 20.9. The van der Waals surface area contributed by atoms with Crippen molar-refractivity contribution in [2.24, 2.45) is 0 Å². The van der Waals surface area contributed by atoms with E-state index in [1.807, 2.05) is 30.3 Å². The van der Waals surface area contributed by atoms with Crippen LogP contribution in [0.1, 0.15) is 5.56 Å². The molecule has 0 aliphatic rings. The predicted octanol–water partition coefficient (Wildman–Crippen LogP) is 3.53. The van der Waals surface area contributed by atoms with Crippen LogP contribution in [0.25, 0.3) is 11.4 Å². The number of para-hydroxylation sites is 1. The molecule has 1 aromatic heterocycles. The Labute approximate surface area is 163 Å². The van der Waals surface area contributed by atoms with Crippen molar-refractivity contribution in [2.75, 3.05) is 26.1 Å². The first-order chi connectivity index (χ1) is 13.7. The van der Waals surface area contributed by atoms with Crippen LogP contribution in [0.5, 0.6) is 11.5 Å². The van der Waals surface area contributed by atoms with E-state index in [2.05, 4.69) is 20.6 Å². The van der Waals surface area contributed by atoms with Gasteiger partial charge in [-0.05, 0) is 24.1 Å². The largest absolute Gasteiger partial charge is 0.493 e. The molecule has 0 atom stereocenters. The summed E-state index contributed by atoms with van der Waals surface area (Å²) in [7, 11) is 3.08. The monoisotopic (exact) mass is 378 g/mol. The average Bonchev–Trinajstić information content (AvgIpc) is 2.74. The van der Waals surface area contributed by atoms with Crippen LogP contribution in [0.2, 0.25) is 0 Å². The number of aromatic nitrogens is 2. The van der Waals surface area contributed by atoms with Crippen LogP contribution < -0.4 is 20.1 Å². The Kier molecular flexibility index (Phi) is 6.41. The minimum atomic E-state index is -0.326. The Morgan fingerprint density at radius 1 is 0.964 bits per heavy atom. The average molecular weight is 378 g/mol. The second-order valence-electron chi connectivity index (χ2n) is 5.95. The van der Waals surface area contributed by atoms with Crippen LogP contribution in [-0.2, 0) is 6.42 Å². The number of nitrogens with one attached hydrogen (secondary N) is 2. The highest BCUT2D eigenvalue weighted by Crippen LogP contribution is 2.34. The highest BCUT2D eigenvalue weighted by molar-refractivity contribution is 5.91. The van der Waals surface area contributed by atoms with Crippen molar-refractivity contribution in [1.29, 1.82) is 0 Å². The number of methoxy groups -OCH3 is 2. The van der Waals surface area contributed by atoms with E-state index >= 15 is 0 Å². The van der Waals surface area contributed by atoms with Crippen molar-refractivity contribution in [3.05, 3.63) is 66.5 Å². The third-order valence-corrected chi connectivity index (χ3v) is 4.09. The lowest BCUT2D eigenvalue weighted by atomic mass is 10.2. The molecule has 144 valence electrons. The number of urea groups is 1. The van der Waals surface area contributed by atoms with E-state index in [-0.39, 0.29) is 6.03 Å². The fourth-order valence-electron chi connectivity index (χ4n) is 2.69.